The van der Waals surface area contributed by atoms with Gasteiger partial charge in [0, 0.05) is 0 Å². The lowest BCUT2D eigenvalue weighted by Gasteiger charge is -2.37. The Morgan fingerprint density at radius 1 is 1.15 bits per heavy atom. The Balaban J connectivity index is 3.16. The van der Waals surface area contributed by atoms with Crippen molar-refractivity contribution in [2.75, 3.05) is 6.61 Å². The van der Waals surface area contributed by atoms with Crippen molar-refractivity contribution >= 4 is 20.9 Å². The van der Waals surface area contributed by atoms with Crippen molar-refractivity contribution in [1.82, 2.24) is 0 Å². The molecular weight excluding hydrogens is 271 g/mol. The molecule has 1 aromatic carbocycles. The highest BCUT2D eigenvalue weighted by Gasteiger charge is 2.39. The molecule has 0 fully saturated rings. The third-order valence-corrected chi connectivity index (χ3v) is 8.08. The lowest BCUT2D eigenvalue weighted by Crippen LogP contribution is -2.44. The summed E-state index contributed by atoms with van der Waals surface area (Å²) in [5.74, 6) is 1.23. The minimum absolute atomic E-state index is 0.0598. The Morgan fingerprint density at radius 2 is 1.75 bits per heavy atom. The van der Waals surface area contributed by atoms with Crippen LogP contribution in [-0.2, 0) is 0 Å². The second-order valence-electron chi connectivity index (χ2n) is 6.38. The van der Waals surface area contributed by atoms with Crippen molar-refractivity contribution in [3.63, 3.8) is 0 Å². The van der Waals surface area contributed by atoms with Gasteiger partial charge in [-0.3, -0.25) is 0 Å². The predicted octanol–water partition coefficient (Wildman–Crippen LogP) is 2.15. The fourth-order valence-electron chi connectivity index (χ4n) is 1.47. The number of benzene rings is 1. The Bertz CT molecular complexity index is 455. The molecule has 1 aromatic rings. The summed E-state index contributed by atoms with van der Waals surface area (Å²) in [6, 6.07) is 5.01. The van der Waals surface area contributed by atoms with Gasteiger partial charge in [-0.2, -0.15) is 0 Å². The first kappa shape index (κ1) is 17.1. The van der Waals surface area contributed by atoms with Crippen LogP contribution < -0.4 is 14.6 Å². The average molecular weight is 296 g/mol. The van der Waals surface area contributed by atoms with Crippen molar-refractivity contribution in [2.24, 2.45) is 0 Å². The molecule has 0 atom stereocenters. The molecule has 0 radical (unpaired) electrons. The summed E-state index contributed by atoms with van der Waals surface area (Å²) in [5, 5.41) is 18.7. The van der Waals surface area contributed by atoms with Gasteiger partial charge in [-0.1, -0.05) is 26.8 Å². The highest BCUT2D eigenvalue weighted by Crippen LogP contribution is 2.39. The third kappa shape index (κ3) is 4.01. The molecule has 0 unspecified atom stereocenters. The van der Waals surface area contributed by atoms with E-state index in [0.717, 1.165) is 0 Å². The van der Waals surface area contributed by atoms with Gasteiger partial charge in [-0.05, 0) is 42.7 Å². The van der Waals surface area contributed by atoms with Crippen LogP contribution in [0.3, 0.4) is 0 Å². The lowest BCUT2D eigenvalue weighted by molar-refractivity contribution is 0.325. The zero-order valence-electron chi connectivity index (χ0n) is 13.2. The Morgan fingerprint density at radius 3 is 2.20 bits per heavy atom. The first-order valence-electron chi connectivity index (χ1n) is 6.90. The Labute approximate surface area is 123 Å². The van der Waals surface area contributed by atoms with E-state index in [1.54, 1.807) is 18.2 Å². The van der Waals surface area contributed by atoms with Gasteiger partial charge >= 0.3 is 7.12 Å². The van der Waals surface area contributed by atoms with Crippen LogP contribution in [0.15, 0.2) is 18.2 Å². The zero-order valence-corrected chi connectivity index (χ0v) is 14.2. The minimum atomic E-state index is -2.01. The summed E-state index contributed by atoms with van der Waals surface area (Å²) in [6.45, 7) is 13.2. The van der Waals surface area contributed by atoms with E-state index in [0.29, 0.717) is 23.6 Å². The van der Waals surface area contributed by atoms with E-state index in [-0.39, 0.29) is 5.04 Å². The average Bonchev–Trinajstić information content (AvgIpc) is 2.29. The summed E-state index contributed by atoms with van der Waals surface area (Å²) in [4.78, 5) is 0. The molecule has 6 heteroatoms. The quantitative estimate of drug-likeness (QED) is 0.817. The van der Waals surface area contributed by atoms with E-state index in [1.807, 2.05) is 6.92 Å². The van der Waals surface area contributed by atoms with Crippen LogP contribution in [-0.4, -0.2) is 32.1 Å². The molecule has 0 spiro atoms. The van der Waals surface area contributed by atoms with Crippen LogP contribution in [0.2, 0.25) is 18.1 Å². The molecule has 0 heterocycles. The molecule has 2 N–H and O–H groups in total. The van der Waals surface area contributed by atoms with E-state index < -0.39 is 15.4 Å². The van der Waals surface area contributed by atoms with Crippen LogP contribution in [0.4, 0.5) is 0 Å². The van der Waals surface area contributed by atoms with Gasteiger partial charge in [-0.25, -0.2) is 0 Å². The monoisotopic (exact) mass is 296 g/mol. The van der Waals surface area contributed by atoms with Crippen molar-refractivity contribution in [1.29, 1.82) is 0 Å². The molecule has 0 saturated heterocycles. The topological polar surface area (TPSA) is 58.9 Å². The summed E-state index contributed by atoms with van der Waals surface area (Å²) < 4.78 is 11.8. The molecule has 0 aliphatic rings. The number of rotatable bonds is 5. The Hall–Kier alpha value is -0.978. The molecule has 0 saturated carbocycles. The Kier molecular flexibility index (Phi) is 5.29. The molecule has 1 rings (SSSR count). The molecule has 0 aliphatic heterocycles. The van der Waals surface area contributed by atoms with Gasteiger partial charge in [0.05, 0.1) is 6.61 Å². The lowest BCUT2D eigenvalue weighted by atomic mass is 9.80. The van der Waals surface area contributed by atoms with E-state index >= 15 is 0 Å². The highest BCUT2D eigenvalue weighted by molar-refractivity contribution is 6.74. The van der Waals surface area contributed by atoms with Gasteiger partial charge in [0.25, 0.3) is 8.32 Å². The molecule has 20 heavy (non-hydrogen) atoms. The van der Waals surface area contributed by atoms with Gasteiger partial charge in [0.1, 0.15) is 5.75 Å². The number of hydrogen-bond acceptors (Lipinski definition) is 4. The molecule has 0 bridgehead atoms. The first-order valence-corrected chi connectivity index (χ1v) is 9.81. The summed E-state index contributed by atoms with van der Waals surface area (Å²) in [6.07, 6.45) is 0. The molecule has 0 aromatic heterocycles. The fourth-order valence-corrected chi connectivity index (χ4v) is 2.48. The largest absolute Gasteiger partial charge is 0.541 e. The molecule has 4 nitrogen and oxygen atoms in total. The van der Waals surface area contributed by atoms with E-state index in [2.05, 4.69) is 33.9 Å². The third-order valence-electron chi connectivity index (χ3n) is 3.74. The second kappa shape index (κ2) is 6.20. The first-order chi connectivity index (χ1) is 9.08. The minimum Gasteiger partial charge on any atom is -0.541 e. The molecule has 0 amide bonds. The van der Waals surface area contributed by atoms with Crippen LogP contribution in [0.5, 0.6) is 11.5 Å². The fraction of sp³-hybridized carbons (Fsp3) is 0.571. The summed E-state index contributed by atoms with van der Waals surface area (Å²) >= 11 is 0. The molecule has 112 valence electrons. The van der Waals surface area contributed by atoms with Crippen LogP contribution in [0.1, 0.15) is 27.7 Å². The van der Waals surface area contributed by atoms with Crippen molar-refractivity contribution in [3.05, 3.63) is 18.2 Å². The van der Waals surface area contributed by atoms with Gasteiger partial charge in [0.15, 0.2) is 5.75 Å². The molecular formula is C14H25BO4Si. The number of hydrogen-bond donors (Lipinski definition) is 2. The highest BCUT2D eigenvalue weighted by atomic mass is 28.4. The molecule has 0 aliphatic carbocycles. The van der Waals surface area contributed by atoms with E-state index in [9.17, 15) is 10.0 Å². The predicted molar refractivity (Wildman–Crippen MR) is 85.3 cm³/mol. The van der Waals surface area contributed by atoms with Crippen molar-refractivity contribution in [2.45, 2.75) is 45.8 Å². The van der Waals surface area contributed by atoms with Crippen LogP contribution >= 0.6 is 0 Å². The van der Waals surface area contributed by atoms with Crippen molar-refractivity contribution < 1.29 is 19.2 Å². The van der Waals surface area contributed by atoms with Crippen LogP contribution in [0.25, 0.3) is 0 Å². The zero-order chi connectivity index (χ0) is 15.6. The normalized spacial score (nSPS) is 12.2. The maximum Gasteiger partial charge on any atom is 0.488 e. The standard InChI is InChI=1S/C14H25BO4Si/c1-7-18-12-9-8-11(15(16)17)10-13(12)19-20(5,6)14(2,3)4/h8-10,16-17H,7H2,1-6H3. The summed E-state index contributed by atoms with van der Waals surface area (Å²) in [5.41, 5.74) is 0.405. The maximum atomic E-state index is 9.30. The SMILES string of the molecule is CCOc1ccc(B(O)O)cc1O[Si](C)(C)C(C)(C)C. The van der Waals surface area contributed by atoms with Gasteiger partial charge in [0.2, 0.25) is 0 Å². The maximum absolute atomic E-state index is 9.30. The van der Waals surface area contributed by atoms with Crippen LogP contribution in [0, 0.1) is 0 Å². The summed E-state index contributed by atoms with van der Waals surface area (Å²) in [7, 11) is -3.51. The van der Waals surface area contributed by atoms with E-state index in [1.165, 1.54) is 0 Å². The van der Waals surface area contributed by atoms with Crippen molar-refractivity contribution in [3.8, 4) is 11.5 Å². The van der Waals surface area contributed by atoms with Gasteiger partial charge in [-0.15, -0.1) is 0 Å². The van der Waals surface area contributed by atoms with E-state index in [4.69, 9.17) is 9.16 Å². The second-order valence-corrected chi connectivity index (χ2v) is 11.1. The smallest absolute Gasteiger partial charge is 0.488 e. The number of ether oxygens (including phenoxy) is 1. The van der Waals surface area contributed by atoms with Gasteiger partial charge < -0.3 is 19.2 Å².